The van der Waals surface area contributed by atoms with Crippen LogP contribution in [0.25, 0.3) is 0 Å². The van der Waals surface area contributed by atoms with Crippen molar-refractivity contribution in [3.05, 3.63) is 65.7 Å². The average Bonchev–Trinajstić information content (AvgIpc) is 3.02. The molecule has 0 atom stereocenters. The molecule has 1 aromatic heterocycles. The number of amides is 2. The quantitative estimate of drug-likeness (QED) is 0.624. The van der Waals surface area contributed by atoms with Crippen molar-refractivity contribution in [3.8, 4) is 0 Å². The van der Waals surface area contributed by atoms with Crippen molar-refractivity contribution in [3.63, 3.8) is 0 Å². The summed E-state index contributed by atoms with van der Waals surface area (Å²) in [4.78, 5) is 27.9. The van der Waals surface area contributed by atoms with Gasteiger partial charge in [0.05, 0.1) is 5.69 Å². The monoisotopic (exact) mass is 352 g/mol. The third-order valence-corrected chi connectivity index (χ3v) is 4.13. The van der Waals surface area contributed by atoms with Gasteiger partial charge in [0.15, 0.2) is 5.13 Å². The highest BCUT2D eigenvalue weighted by atomic mass is 32.1. The molecule has 0 saturated carbocycles. The summed E-state index contributed by atoms with van der Waals surface area (Å²) in [6.45, 7) is 1.82. The molecule has 0 bridgehead atoms. The van der Waals surface area contributed by atoms with Crippen LogP contribution in [0.4, 0.5) is 22.2 Å². The molecular formula is C18H16N4O2S. The molecule has 0 saturated heterocycles. The van der Waals surface area contributed by atoms with Gasteiger partial charge in [-0.2, -0.15) is 0 Å². The predicted octanol–water partition coefficient (Wildman–Crippen LogP) is 3.77. The van der Waals surface area contributed by atoms with Crippen LogP contribution in [0, 0.1) is 6.92 Å². The summed E-state index contributed by atoms with van der Waals surface area (Å²) >= 11 is 1.27. The molecule has 0 radical (unpaired) electrons. The number of aromatic nitrogens is 1. The molecule has 0 spiro atoms. The fourth-order valence-electron chi connectivity index (χ4n) is 2.08. The Labute approximate surface area is 148 Å². The lowest BCUT2D eigenvalue weighted by molar-refractivity contribution is -0.132. The van der Waals surface area contributed by atoms with Gasteiger partial charge in [-0.25, -0.2) is 4.98 Å². The Morgan fingerprint density at radius 3 is 2.08 bits per heavy atom. The molecule has 1 heterocycles. The van der Waals surface area contributed by atoms with Crippen LogP contribution >= 0.6 is 11.3 Å². The van der Waals surface area contributed by atoms with E-state index in [1.807, 2.05) is 49.4 Å². The number of rotatable bonds is 4. The van der Waals surface area contributed by atoms with Gasteiger partial charge >= 0.3 is 11.8 Å². The highest BCUT2D eigenvalue weighted by Crippen LogP contribution is 2.19. The van der Waals surface area contributed by atoms with E-state index in [0.29, 0.717) is 10.8 Å². The standard InChI is InChI=1S/C18H16N4O2S/c1-12-11-25-18(19-12)22-17(24)16(23)21-15-9-7-14(8-10-15)20-13-5-3-2-4-6-13/h2-11,20H,1H3,(H,21,23)(H,19,22,24). The van der Waals surface area contributed by atoms with Crippen LogP contribution < -0.4 is 16.0 Å². The molecule has 3 aromatic rings. The first-order valence-corrected chi connectivity index (χ1v) is 8.45. The van der Waals surface area contributed by atoms with Crippen molar-refractivity contribution >= 4 is 45.3 Å². The summed E-state index contributed by atoms with van der Waals surface area (Å²) in [6, 6.07) is 16.9. The Bertz CT molecular complexity index is 876. The molecule has 126 valence electrons. The number of para-hydroxylation sites is 1. The normalized spacial score (nSPS) is 10.1. The third-order valence-electron chi connectivity index (χ3n) is 3.25. The molecule has 0 unspecified atom stereocenters. The largest absolute Gasteiger partial charge is 0.356 e. The van der Waals surface area contributed by atoms with E-state index in [2.05, 4.69) is 20.9 Å². The van der Waals surface area contributed by atoms with Crippen molar-refractivity contribution in [2.24, 2.45) is 0 Å². The molecular weight excluding hydrogens is 336 g/mol. The molecule has 7 heteroatoms. The third kappa shape index (κ3) is 4.65. The Morgan fingerprint density at radius 2 is 1.44 bits per heavy atom. The fraction of sp³-hybridized carbons (Fsp3) is 0.0556. The minimum atomic E-state index is -0.749. The van der Waals surface area contributed by atoms with Crippen LogP contribution in [0.15, 0.2) is 60.0 Å². The smallest absolute Gasteiger partial charge is 0.315 e. The zero-order chi connectivity index (χ0) is 17.6. The highest BCUT2D eigenvalue weighted by Gasteiger charge is 2.15. The summed E-state index contributed by atoms with van der Waals surface area (Å²) in [5.74, 6) is -1.49. The lowest BCUT2D eigenvalue weighted by Crippen LogP contribution is -2.29. The molecule has 25 heavy (non-hydrogen) atoms. The van der Waals surface area contributed by atoms with Crippen molar-refractivity contribution in [2.45, 2.75) is 6.92 Å². The van der Waals surface area contributed by atoms with Crippen molar-refractivity contribution in [1.82, 2.24) is 4.98 Å². The lowest BCUT2D eigenvalue weighted by Gasteiger charge is -2.08. The molecule has 6 nitrogen and oxygen atoms in total. The fourth-order valence-corrected chi connectivity index (χ4v) is 2.76. The Hall–Kier alpha value is -3.19. The first-order valence-electron chi connectivity index (χ1n) is 7.57. The van der Waals surface area contributed by atoms with Gasteiger partial charge in [0, 0.05) is 22.4 Å². The Balaban J connectivity index is 1.57. The average molecular weight is 352 g/mol. The Kier molecular flexibility index (Phi) is 5.06. The zero-order valence-electron chi connectivity index (χ0n) is 13.4. The number of nitrogens with zero attached hydrogens (tertiary/aromatic N) is 1. The van der Waals surface area contributed by atoms with Gasteiger partial charge in [-0.15, -0.1) is 11.3 Å². The van der Waals surface area contributed by atoms with Crippen molar-refractivity contribution in [2.75, 3.05) is 16.0 Å². The number of hydrogen-bond donors (Lipinski definition) is 3. The summed E-state index contributed by atoms with van der Waals surface area (Å²) < 4.78 is 0. The van der Waals surface area contributed by atoms with Gasteiger partial charge in [-0.05, 0) is 43.3 Å². The first kappa shape index (κ1) is 16.7. The van der Waals surface area contributed by atoms with E-state index in [1.165, 1.54) is 11.3 Å². The van der Waals surface area contributed by atoms with Gasteiger partial charge in [-0.3, -0.25) is 14.9 Å². The predicted molar refractivity (Wildman–Crippen MR) is 100 cm³/mol. The van der Waals surface area contributed by atoms with Gasteiger partial charge in [0.2, 0.25) is 0 Å². The number of thiazole rings is 1. The maximum atomic E-state index is 11.9. The zero-order valence-corrected chi connectivity index (χ0v) is 14.3. The summed E-state index contributed by atoms with van der Waals surface area (Å²) in [6.07, 6.45) is 0. The summed E-state index contributed by atoms with van der Waals surface area (Å²) in [7, 11) is 0. The van der Waals surface area contributed by atoms with Gasteiger partial charge in [-0.1, -0.05) is 18.2 Å². The minimum absolute atomic E-state index is 0.403. The number of hydrogen-bond acceptors (Lipinski definition) is 5. The maximum absolute atomic E-state index is 11.9. The van der Waals surface area contributed by atoms with E-state index >= 15 is 0 Å². The van der Waals surface area contributed by atoms with E-state index in [9.17, 15) is 9.59 Å². The number of benzene rings is 2. The Morgan fingerprint density at radius 1 is 0.840 bits per heavy atom. The summed E-state index contributed by atoms with van der Waals surface area (Å²) in [5.41, 5.74) is 3.18. The topological polar surface area (TPSA) is 83.1 Å². The van der Waals surface area contributed by atoms with Crippen LogP contribution in [-0.2, 0) is 9.59 Å². The number of anilines is 4. The van der Waals surface area contributed by atoms with E-state index in [1.54, 1.807) is 17.5 Å². The molecule has 3 rings (SSSR count). The van der Waals surface area contributed by atoms with E-state index in [4.69, 9.17) is 0 Å². The van der Waals surface area contributed by atoms with Gasteiger partial charge in [0.1, 0.15) is 0 Å². The second-order valence-electron chi connectivity index (χ2n) is 5.27. The van der Waals surface area contributed by atoms with Crippen molar-refractivity contribution < 1.29 is 9.59 Å². The number of carbonyl (C=O) groups is 2. The van der Waals surface area contributed by atoms with Crippen LogP contribution in [0.2, 0.25) is 0 Å². The first-order chi connectivity index (χ1) is 12.1. The van der Waals surface area contributed by atoms with Crippen LogP contribution in [0.3, 0.4) is 0 Å². The van der Waals surface area contributed by atoms with E-state index in [-0.39, 0.29) is 0 Å². The number of aryl methyl sites for hydroxylation is 1. The second-order valence-corrected chi connectivity index (χ2v) is 6.13. The molecule has 0 aliphatic carbocycles. The van der Waals surface area contributed by atoms with Crippen molar-refractivity contribution in [1.29, 1.82) is 0 Å². The SMILES string of the molecule is Cc1csc(NC(=O)C(=O)Nc2ccc(Nc3ccccc3)cc2)n1. The van der Waals surface area contributed by atoms with E-state index < -0.39 is 11.8 Å². The lowest BCUT2D eigenvalue weighted by atomic mass is 10.2. The van der Waals surface area contributed by atoms with E-state index in [0.717, 1.165) is 17.1 Å². The van der Waals surface area contributed by atoms with Crippen LogP contribution in [0.1, 0.15) is 5.69 Å². The van der Waals surface area contributed by atoms with Gasteiger partial charge in [0.25, 0.3) is 0 Å². The molecule has 0 fully saturated rings. The van der Waals surface area contributed by atoms with Crippen LogP contribution in [0.5, 0.6) is 0 Å². The molecule has 3 N–H and O–H groups in total. The van der Waals surface area contributed by atoms with Gasteiger partial charge < -0.3 is 10.6 Å². The highest BCUT2D eigenvalue weighted by molar-refractivity contribution is 7.14. The molecule has 2 amide bonds. The summed E-state index contributed by atoms with van der Waals surface area (Å²) in [5, 5.41) is 10.5. The molecule has 0 aliphatic heterocycles. The second kappa shape index (κ2) is 7.59. The molecule has 2 aromatic carbocycles. The number of carbonyl (C=O) groups excluding carboxylic acids is 2. The molecule has 0 aliphatic rings. The number of nitrogens with one attached hydrogen (secondary N) is 3. The minimum Gasteiger partial charge on any atom is -0.356 e. The van der Waals surface area contributed by atoms with Crippen LogP contribution in [-0.4, -0.2) is 16.8 Å². The maximum Gasteiger partial charge on any atom is 0.315 e.